The fourth-order valence-corrected chi connectivity index (χ4v) is 5.72. The molecular formula is C30H28N2O4S. The molecule has 2 heterocycles. The Balaban J connectivity index is 1.77. The smallest absolute Gasteiger partial charge is 0.338 e. The van der Waals surface area contributed by atoms with Crippen LogP contribution in [0.2, 0.25) is 0 Å². The highest BCUT2D eigenvalue weighted by Gasteiger charge is 2.33. The normalized spacial score (nSPS) is 15.5. The van der Waals surface area contributed by atoms with E-state index in [4.69, 9.17) is 9.47 Å². The third kappa shape index (κ3) is 4.51. The Morgan fingerprint density at radius 1 is 1.03 bits per heavy atom. The van der Waals surface area contributed by atoms with Crippen molar-refractivity contribution >= 4 is 34.2 Å². The number of hydrogen-bond acceptors (Lipinski definition) is 6. The lowest BCUT2D eigenvalue weighted by Crippen LogP contribution is -2.39. The molecule has 5 rings (SSSR count). The Bertz CT molecular complexity index is 1710. The van der Waals surface area contributed by atoms with E-state index in [2.05, 4.69) is 4.99 Å². The number of rotatable bonds is 6. The number of carbonyl (C=O) groups is 1. The maximum Gasteiger partial charge on any atom is 0.338 e. The van der Waals surface area contributed by atoms with Crippen LogP contribution < -0.4 is 19.6 Å². The summed E-state index contributed by atoms with van der Waals surface area (Å²) < 4.78 is 13.4. The van der Waals surface area contributed by atoms with Crippen molar-refractivity contribution < 1.29 is 14.3 Å². The van der Waals surface area contributed by atoms with Crippen LogP contribution in [0.3, 0.4) is 0 Å². The van der Waals surface area contributed by atoms with Crippen molar-refractivity contribution in [2.75, 3.05) is 13.2 Å². The van der Waals surface area contributed by atoms with Gasteiger partial charge in [0, 0.05) is 5.56 Å². The Morgan fingerprint density at radius 3 is 2.51 bits per heavy atom. The topological polar surface area (TPSA) is 69.9 Å². The summed E-state index contributed by atoms with van der Waals surface area (Å²) in [6, 6.07) is 19.2. The van der Waals surface area contributed by atoms with Gasteiger partial charge in [-0.25, -0.2) is 9.79 Å². The quantitative estimate of drug-likeness (QED) is 0.353. The van der Waals surface area contributed by atoms with E-state index in [-0.39, 0.29) is 12.2 Å². The van der Waals surface area contributed by atoms with Crippen molar-refractivity contribution in [2.24, 2.45) is 4.99 Å². The lowest BCUT2D eigenvalue weighted by Gasteiger charge is -2.24. The van der Waals surface area contributed by atoms with Crippen molar-refractivity contribution in [3.8, 4) is 5.75 Å². The highest BCUT2D eigenvalue weighted by Crippen LogP contribution is 2.31. The molecule has 6 nitrogen and oxygen atoms in total. The van der Waals surface area contributed by atoms with Gasteiger partial charge >= 0.3 is 5.97 Å². The van der Waals surface area contributed by atoms with Crippen LogP contribution in [0.4, 0.5) is 0 Å². The molecule has 0 N–H and O–H groups in total. The minimum Gasteiger partial charge on any atom is -0.493 e. The molecule has 0 amide bonds. The molecule has 1 aromatic heterocycles. The van der Waals surface area contributed by atoms with Crippen LogP contribution in [0.25, 0.3) is 16.8 Å². The Labute approximate surface area is 218 Å². The number of nitrogens with zero attached hydrogens (tertiary/aromatic N) is 2. The average molecular weight is 513 g/mol. The molecule has 37 heavy (non-hydrogen) atoms. The predicted molar refractivity (Wildman–Crippen MR) is 147 cm³/mol. The molecule has 1 aliphatic heterocycles. The number of allylic oxidation sites excluding steroid dienone is 1. The van der Waals surface area contributed by atoms with Crippen molar-refractivity contribution in [1.82, 2.24) is 4.57 Å². The maximum absolute atomic E-state index is 14.0. The molecule has 3 aromatic carbocycles. The van der Waals surface area contributed by atoms with Gasteiger partial charge in [-0.15, -0.1) is 0 Å². The van der Waals surface area contributed by atoms with E-state index in [0.29, 0.717) is 33.0 Å². The highest BCUT2D eigenvalue weighted by atomic mass is 32.1. The van der Waals surface area contributed by atoms with E-state index in [1.54, 1.807) is 18.4 Å². The molecule has 0 spiro atoms. The zero-order valence-corrected chi connectivity index (χ0v) is 22.1. The first-order valence-corrected chi connectivity index (χ1v) is 13.1. The zero-order chi connectivity index (χ0) is 26.1. The average Bonchev–Trinajstić information content (AvgIpc) is 3.19. The largest absolute Gasteiger partial charge is 0.493 e. The van der Waals surface area contributed by atoms with E-state index < -0.39 is 12.0 Å². The molecule has 0 bridgehead atoms. The SMILES string of the molecule is CCOC(=O)C1=C(C)N=c2sc(=Cc3c(OCC)ccc4ccccc34)c(=O)n2[C@H]1c1ccc(C)cc1. The minimum absolute atomic E-state index is 0.209. The monoisotopic (exact) mass is 512 g/mol. The first-order valence-electron chi connectivity index (χ1n) is 12.3. The summed E-state index contributed by atoms with van der Waals surface area (Å²) in [5, 5.41) is 2.06. The lowest BCUT2D eigenvalue weighted by atomic mass is 9.95. The maximum atomic E-state index is 14.0. The number of aryl methyl sites for hydroxylation is 1. The molecule has 188 valence electrons. The second kappa shape index (κ2) is 10.2. The molecule has 0 saturated carbocycles. The summed E-state index contributed by atoms with van der Waals surface area (Å²) in [4.78, 5) is 32.3. The summed E-state index contributed by atoms with van der Waals surface area (Å²) in [6.07, 6.45) is 1.88. The second-order valence-electron chi connectivity index (χ2n) is 8.84. The molecule has 0 fully saturated rings. The fourth-order valence-electron chi connectivity index (χ4n) is 4.69. The number of hydrogen-bond donors (Lipinski definition) is 0. The van der Waals surface area contributed by atoms with Crippen LogP contribution in [0.15, 0.2) is 81.7 Å². The third-order valence-electron chi connectivity index (χ3n) is 6.42. The fraction of sp³-hybridized carbons (Fsp3) is 0.233. The van der Waals surface area contributed by atoms with Crippen LogP contribution in [0.5, 0.6) is 5.75 Å². The Morgan fingerprint density at radius 2 is 1.78 bits per heavy atom. The van der Waals surface area contributed by atoms with E-state index in [1.807, 2.05) is 80.6 Å². The van der Waals surface area contributed by atoms with Gasteiger partial charge in [-0.1, -0.05) is 71.5 Å². The van der Waals surface area contributed by atoms with Crippen LogP contribution in [-0.2, 0) is 9.53 Å². The van der Waals surface area contributed by atoms with Gasteiger partial charge in [-0.3, -0.25) is 9.36 Å². The molecule has 4 aromatic rings. The molecular weight excluding hydrogens is 484 g/mol. The number of ether oxygens (including phenoxy) is 2. The summed E-state index contributed by atoms with van der Waals surface area (Å²) in [7, 11) is 0. The molecule has 0 radical (unpaired) electrons. The van der Waals surface area contributed by atoms with E-state index in [0.717, 1.165) is 27.5 Å². The molecule has 0 aliphatic carbocycles. The number of thiazole rings is 1. The van der Waals surface area contributed by atoms with Gasteiger partial charge in [0.1, 0.15) is 5.75 Å². The molecule has 0 unspecified atom stereocenters. The van der Waals surface area contributed by atoms with Crippen LogP contribution >= 0.6 is 11.3 Å². The van der Waals surface area contributed by atoms with Crippen molar-refractivity contribution in [3.63, 3.8) is 0 Å². The summed E-state index contributed by atoms with van der Waals surface area (Å²) in [5.74, 6) is 0.252. The van der Waals surface area contributed by atoms with Crippen molar-refractivity contribution in [3.05, 3.63) is 108 Å². The number of carbonyl (C=O) groups excluding carboxylic acids is 1. The summed E-state index contributed by atoms with van der Waals surface area (Å²) >= 11 is 1.31. The van der Waals surface area contributed by atoms with Gasteiger partial charge in [0.25, 0.3) is 5.56 Å². The lowest BCUT2D eigenvalue weighted by molar-refractivity contribution is -0.139. The van der Waals surface area contributed by atoms with E-state index in [1.165, 1.54) is 11.3 Å². The first kappa shape index (κ1) is 24.7. The molecule has 0 saturated heterocycles. The summed E-state index contributed by atoms with van der Waals surface area (Å²) in [5.41, 5.74) is 3.49. The number of benzene rings is 3. The number of aromatic nitrogens is 1. The van der Waals surface area contributed by atoms with Gasteiger partial charge in [0.15, 0.2) is 4.80 Å². The van der Waals surface area contributed by atoms with Crippen LogP contribution in [0.1, 0.15) is 43.5 Å². The van der Waals surface area contributed by atoms with Gasteiger partial charge in [-0.2, -0.15) is 0 Å². The van der Waals surface area contributed by atoms with Crippen molar-refractivity contribution in [1.29, 1.82) is 0 Å². The van der Waals surface area contributed by atoms with Crippen molar-refractivity contribution in [2.45, 2.75) is 33.7 Å². The molecule has 7 heteroatoms. The predicted octanol–water partition coefficient (Wildman–Crippen LogP) is 4.66. The standard InChI is InChI=1S/C30H28N2O4S/c1-5-35-24-16-15-20-9-7-8-10-22(20)23(24)17-25-28(33)32-27(21-13-11-18(3)12-14-21)26(29(34)36-6-2)19(4)31-30(32)37-25/h7-17,27H,5-6H2,1-4H3/t27-/m0/s1. The van der Waals surface area contributed by atoms with Gasteiger partial charge in [-0.05, 0) is 56.2 Å². The molecule has 1 aliphatic rings. The minimum atomic E-state index is -0.628. The third-order valence-corrected chi connectivity index (χ3v) is 7.40. The van der Waals surface area contributed by atoms with E-state index >= 15 is 0 Å². The van der Waals surface area contributed by atoms with E-state index in [9.17, 15) is 9.59 Å². The van der Waals surface area contributed by atoms with Gasteiger partial charge in [0.05, 0.1) is 35.1 Å². The first-order chi connectivity index (χ1) is 17.9. The van der Waals surface area contributed by atoms with Gasteiger partial charge < -0.3 is 9.47 Å². The number of fused-ring (bicyclic) bond motifs is 2. The molecule has 1 atom stereocenters. The van der Waals surface area contributed by atoms with Gasteiger partial charge in [0.2, 0.25) is 0 Å². The van der Waals surface area contributed by atoms with Crippen LogP contribution in [0, 0.1) is 6.92 Å². The number of esters is 1. The Kier molecular flexibility index (Phi) is 6.80. The highest BCUT2D eigenvalue weighted by molar-refractivity contribution is 7.07. The summed E-state index contributed by atoms with van der Waals surface area (Å²) in [6.45, 7) is 8.25. The zero-order valence-electron chi connectivity index (χ0n) is 21.3. The Hall–Kier alpha value is -3.97. The van der Waals surface area contributed by atoms with Crippen LogP contribution in [-0.4, -0.2) is 23.8 Å². The second-order valence-corrected chi connectivity index (χ2v) is 9.85.